The van der Waals surface area contributed by atoms with E-state index in [2.05, 4.69) is 56.7 Å². The van der Waals surface area contributed by atoms with E-state index in [4.69, 9.17) is 0 Å². The van der Waals surface area contributed by atoms with E-state index in [1.807, 2.05) is 30.3 Å². The van der Waals surface area contributed by atoms with Gasteiger partial charge in [-0.2, -0.15) is 10.1 Å². The number of nitrogens with one attached hydrogen (secondary N) is 2. The zero-order chi connectivity index (χ0) is 20.5. The molecule has 30 heavy (non-hydrogen) atoms. The van der Waals surface area contributed by atoms with Crippen LogP contribution in [0.4, 0.5) is 5.95 Å². The summed E-state index contributed by atoms with van der Waals surface area (Å²) in [6.45, 7) is 2.77. The molecular formula is C23H20N6O. The van der Waals surface area contributed by atoms with Gasteiger partial charge in [0, 0.05) is 18.9 Å². The summed E-state index contributed by atoms with van der Waals surface area (Å²) in [5.74, 6) is 0.480. The lowest BCUT2D eigenvalue weighted by molar-refractivity contribution is 0.972. The third-order valence-corrected chi connectivity index (χ3v) is 5.14. The average Bonchev–Trinajstić information content (AvgIpc) is 3.27. The van der Waals surface area contributed by atoms with Crippen LogP contribution in [-0.4, -0.2) is 31.3 Å². The minimum Gasteiger partial charge on any atom is -0.354 e. The van der Waals surface area contributed by atoms with Gasteiger partial charge in [-0.3, -0.25) is 14.5 Å². The van der Waals surface area contributed by atoms with Crippen LogP contribution < -0.4 is 10.9 Å². The molecule has 0 amide bonds. The number of anilines is 1. The molecular weight excluding hydrogens is 376 g/mol. The maximum absolute atomic E-state index is 13.2. The number of aryl methyl sites for hydroxylation is 1. The minimum absolute atomic E-state index is 0.165. The van der Waals surface area contributed by atoms with Crippen LogP contribution in [-0.2, 0) is 6.42 Å². The first-order chi connectivity index (χ1) is 14.7. The topological polar surface area (TPSA) is 88.5 Å². The van der Waals surface area contributed by atoms with Crippen molar-refractivity contribution in [3.8, 4) is 5.69 Å². The van der Waals surface area contributed by atoms with Gasteiger partial charge in [0.2, 0.25) is 5.95 Å². The maximum Gasteiger partial charge on any atom is 0.267 e. The predicted octanol–water partition coefficient (Wildman–Crippen LogP) is 3.62. The Labute approximate surface area is 172 Å². The van der Waals surface area contributed by atoms with Gasteiger partial charge in [-0.15, -0.1) is 0 Å². The van der Waals surface area contributed by atoms with Crippen molar-refractivity contribution < 1.29 is 0 Å². The Bertz CT molecular complexity index is 1390. The number of aromatic nitrogens is 5. The van der Waals surface area contributed by atoms with E-state index in [-0.39, 0.29) is 5.56 Å². The van der Waals surface area contributed by atoms with Crippen molar-refractivity contribution >= 4 is 27.9 Å². The average molecular weight is 396 g/mol. The summed E-state index contributed by atoms with van der Waals surface area (Å²) in [5.41, 5.74) is 4.18. The fourth-order valence-electron chi connectivity index (χ4n) is 3.56. The van der Waals surface area contributed by atoms with Gasteiger partial charge in [0.05, 0.1) is 16.5 Å². The molecule has 5 aromatic rings. The van der Waals surface area contributed by atoms with E-state index in [0.29, 0.717) is 29.0 Å². The Kier molecular flexibility index (Phi) is 4.48. The van der Waals surface area contributed by atoms with E-state index in [1.165, 1.54) is 11.1 Å². The van der Waals surface area contributed by atoms with E-state index in [1.54, 1.807) is 17.0 Å². The molecule has 0 saturated carbocycles. The van der Waals surface area contributed by atoms with Gasteiger partial charge >= 0.3 is 0 Å². The lowest BCUT2D eigenvalue weighted by Crippen LogP contribution is -2.20. The van der Waals surface area contributed by atoms with E-state index >= 15 is 0 Å². The highest BCUT2D eigenvalue weighted by Gasteiger charge is 2.16. The number of H-pyrrole nitrogens is 1. The molecule has 0 unspecified atom stereocenters. The maximum atomic E-state index is 13.2. The van der Waals surface area contributed by atoms with Crippen molar-refractivity contribution in [2.24, 2.45) is 0 Å². The second-order valence-corrected chi connectivity index (χ2v) is 7.22. The Balaban J connectivity index is 1.55. The van der Waals surface area contributed by atoms with Crippen LogP contribution in [0.25, 0.3) is 27.6 Å². The summed E-state index contributed by atoms with van der Waals surface area (Å²) in [4.78, 5) is 22.3. The molecule has 0 saturated heterocycles. The van der Waals surface area contributed by atoms with Crippen LogP contribution in [0, 0.1) is 6.92 Å². The van der Waals surface area contributed by atoms with Gasteiger partial charge in [-0.25, -0.2) is 4.98 Å². The SMILES string of the molecule is Cc1ccc(CCNc2ncc3c4n[nH]cc4c(=O)n(-c4ccccc4)c3n2)cc1. The highest BCUT2D eigenvalue weighted by atomic mass is 16.1. The molecule has 0 aliphatic heterocycles. The number of rotatable bonds is 5. The van der Waals surface area contributed by atoms with Crippen molar-refractivity contribution in [1.82, 2.24) is 24.7 Å². The molecule has 0 spiro atoms. The molecule has 0 aliphatic rings. The molecule has 3 heterocycles. The Hall–Kier alpha value is -4.00. The number of pyridine rings is 1. The molecule has 7 heteroatoms. The van der Waals surface area contributed by atoms with Gasteiger partial charge in [0.1, 0.15) is 5.52 Å². The summed E-state index contributed by atoms with van der Waals surface area (Å²) >= 11 is 0. The highest BCUT2D eigenvalue weighted by molar-refractivity contribution is 6.02. The van der Waals surface area contributed by atoms with Crippen molar-refractivity contribution in [2.75, 3.05) is 11.9 Å². The largest absolute Gasteiger partial charge is 0.354 e. The quantitative estimate of drug-likeness (QED) is 0.474. The molecule has 5 rings (SSSR count). The lowest BCUT2D eigenvalue weighted by Gasteiger charge is -2.12. The first-order valence-electron chi connectivity index (χ1n) is 9.81. The van der Waals surface area contributed by atoms with Gasteiger partial charge in [0.25, 0.3) is 5.56 Å². The Morgan fingerprint density at radius 2 is 1.83 bits per heavy atom. The zero-order valence-electron chi connectivity index (χ0n) is 16.5. The Morgan fingerprint density at radius 3 is 2.63 bits per heavy atom. The van der Waals surface area contributed by atoms with Crippen LogP contribution in [0.2, 0.25) is 0 Å². The number of nitrogens with zero attached hydrogens (tertiary/aromatic N) is 4. The highest BCUT2D eigenvalue weighted by Crippen LogP contribution is 2.22. The summed E-state index contributed by atoms with van der Waals surface area (Å²) < 4.78 is 1.61. The first-order valence-corrected chi connectivity index (χ1v) is 9.81. The summed E-state index contributed by atoms with van der Waals surface area (Å²) in [7, 11) is 0. The molecule has 0 bridgehead atoms. The molecule has 2 aromatic carbocycles. The van der Waals surface area contributed by atoms with Crippen LogP contribution in [0.5, 0.6) is 0 Å². The van der Waals surface area contributed by atoms with Crippen molar-refractivity contribution in [3.63, 3.8) is 0 Å². The molecule has 2 N–H and O–H groups in total. The van der Waals surface area contributed by atoms with Crippen molar-refractivity contribution in [2.45, 2.75) is 13.3 Å². The number of aromatic amines is 1. The van der Waals surface area contributed by atoms with Crippen LogP contribution in [0.1, 0.15) is 11.1 Å². The number of hydrogen-bond donors (Lipinski definition) is 2. The molecule has 0 atom stereocenters. The zero-order valence-corrected chi connectivity index (χ0v) is 16.5. The molecule has 3 aromatic heterocycles. The number of fused-ring (bicyclic) bond motifs is 3. The standard InChI is InChI=1S/C23H20N6O/c1-15-7-9-16(10-8-15)11-12-24-23-25-13-18-20-19(14-26-28-20)22(30)29(21(18)27-23)17-5-3-2-4-6-17/h2-10,13-14H,11-12H2,1H3,(H,26,28)(H,24,25,27). The van der Waals surface area contributed by atoms with Crippen LogP contribution >= 0.6 is 0 Å². The van der Waals surface area contributed by atoms with E-state index < -0.39 is 0 Å². The van der Waals surface area contributed by atoms with Crippen LogP contribution in [0.15, 0.2) is 71.8 Å². The second-order valence-electron chi connectivity index (χ2n) is 7.22. The van der Waals surface area contributed by atoms with Crippen LogP contribution in [0.3, 0.4) is 0 Å². The fourth-order valence-corrected chi connectivity index (χ4v) is 3.56. The number of benzene rings is 2. The van der Waals surface area contributed by atoms with Gasteiger partial charge in [-0.1, -0.05) is 48.0 Å². The normalized spacial score (nSPS) is 11.2. The first kappa shape index (κ1) is 18.1. The Morgan fingerprint density at radius 1 is 1.03 bits per heavy atom. The van der Waals surface area contributed by atoms with Gasteiger partial charge in [0.15, 0.2) is 5.65 Å². The number of hydrogen-bond acceptors (Lipinski definition) is 5. The molecule has 0 radical (unpaired) electrons. The molecule has 0 fully saturated rings. The lowest BCUT2D eigenvalue weighted by atomic mass is 10.1. The van der Waals surface area contributed by atoms with E-state index in [0.717, 1.165) is 17.5 Å². The monoisotopic (exact) mass is 396 g/mol. The van der Waals surface area contributed by atoms with Crippen molar-refractivity contribution in [1.29, 1.82) is 0 Å². The molecule has 148 valence electrons. The number of para-hydroxylation sites is 1. The van der Waals surface area contributed by atoms with Crippen molar-refractivity contribution in [3.05, 3.63) is 88.5 Å². The van der Waals surface area contributed by atoms with E-state index in [9.17, 15) is 4.79 Å². The van der Waals surface area contributed by atoms with Gasteiger partial charge in [-0.05, 0) is 31.0 Å². The summed E-state index contributed by atoms with van der Waals surface area (Å²) in [5, 5.41) is 11.5. The summed E-state index contributed by atoms with van der Waals surface area (Å²) in [6.07, 6.45) is 4.19. The second kappa shape index (κ2) is 7.44. The fraction of sp³-hybridized carbons (Fsp3) is 0.130. The smallest absolute Gasteiger partial charge is 0.267 e. The minimum atomic E-state index is -0.165. The predicted molar refractivity (Wildman–Crippen MR) is 118 cm³/mol. The third kappa shape index (κ3) is 3.20. The molecule has 7 nitrogen and oxygen atoms in total. The van der Waals surface area contributed by atoms with Gasteiger partial charge < -0.3 is 5.32 Å². The third-order valence-electron chi connectivity index (χ3n) is 5.14. The summed E-state index contributed by atoms with van der Waals surface area (Å²) in [6, 6.07) is 18.0. The molecule has 0 aliphatic carbocycles.